The van der Waals surface area contributed by atoms with Crippen LogP contribution in [0, 0.1) is 0 Å². The molecule has 0 aliphatic rings. The number of benzene rings is 2. The maximum absolute atomic E-state index is 10.4. The van der Waals surface area contributed by atoms with Gasteiger partial charge in [-0.1, -0.05) is 50.2 Å². The standard InChI is InChI=1S/C18H22OS/c1-4-13(2)14-5-7-15(8-6-14)18(19)16-9-11-17(20-3)12-10-16/h5-13,18-19H,4H2,1-3H3. The van der Waals surface area contributed by atoms with Gasteiger partial charge in [-0.2, -0.15) is 0 Å². The summed E-state index contributed by atoms with van der Waals surface area (Å²) in [6.45, 7) is 4.42. The van der Waals surface area contributed by atoms with Gasteiger partial charge >= 0.3 is 0 Å². The van der Waals surface area contributed by atoms with E-state index in [-0.39, 0.29) is 0 Å². The molecule has 1 nitrogen and oxygen atoms in total. The molecule has 0 heterocycles. The Morgan fingerprint density at radius 1 is 0.900 bits per heavy atom. The summed E-state index contributed by atoms with van der Waals surface area (Å²) in [6.07, 6.45) is 2.65. The lowest BCUT2D eigenvalue weighted by Gasteiger charge is -2.14. The minimum absolute atomic E-state index is 0.545. The van der Waals surface area contributed by atoms with E-state index in [1.54, 1.807) is 11.8 Å². The summed E-state index contributed by atoms with van der Waals surface area (Å²) in [5, 5.41) is 10.4. The maximum atomic E-state index is 10.4. The minimum atomic E-state index is -0.545. The SMILES string of the molecule is CCC(C)c1ccc(C(O)c2ccc(SC)cc2)cc1. The van der Waals surface area contributed by atoms with E-state index in [1.807, 2.05) is 24.3 Å². The molecule has 0 aliphatic heterocycles. The average Bonchev–Trinajstić information content (AvgIpc) is 2.53. The molecule has 2 unspecified atom stereocenters. The number of thioether (sulfide) groups is 1. The lowest BCUT2D eigenvalue weighted by atomic mass is 9.95. The van der Waals surface area contributed by atoms with Crippen molar-refractivity contribution in [3.05, 3.63) is 65.2 Å². The van der Waals surface area contributed by atoms with Gasteiger partial charge in [-0.15, -0.1) is 11.8 Å². The van der Waals surface area contributed by atoms with Crippen LogP contribution in [0.5, 0.6) is 0 Å². The van der Waals surface area contributed by atoms with Crippen molar-refractivity contribution in [2.45, 2.75) is 37.2 Å². The lowest BCUT2D eigenvalue weighted by Crippen LogP contribution is -2.00. The minimum Gasteiger partial charge on any atom is -0.384 e. The Labute approximate surface area is 126 Å². The number of hydrogen-bond donors (Lipinski definition) is 1. The fourth-order valence-corrected chi connectivity index (χ4v) is 2.63. The average molecular weight is 286 g/mol. The van der Waals surface area contributed by atoms with Crippen LogP contribution in [0.15, 0.2) is 53.4 Å². The van der Waals surface area contributed by atoms with Gasteiger partial charge in [0.2, 0.25) is 0 Å². The molecule has 2 aromatic rings. The smallest absolute Gasteiger partial charge is 0.104 e. The highest BCUT2D eigenvalue weighted by Gasteiger charge is 2.11. The molecule has 106 valence electrons. The van der Waals surface area contributed by atoms with E-state index in [0.29, 0.717) is 5.92 Å². The number of aliphatic hydroxyl groups is 1. The first kappa shape index (κ1) is 15.1. The Morgan fingerprint density at radius 3 is 1.80 bits per heavy atom. The normalized spacial score (nSPS) is 14.0. The van der Waals surface area contributed by atoms with Crippen molar-refractivity contribution in [3.63, 3.8) is 0 Å². The number of aliphatic hydroxyl groups excluding tert-OH is 1. The van der Waals surface area contributed by atoms with Gasteiger partial charge in [0.1, 0.15) is 6.10 Å². The summed E-state index contributed by atoms with van der Waals surface area (Å²) in [4.78, 5) is 1.22. The van der Waals surface area contributed by atoms with Crippen LogP contribution in [0.25, 0.3) is 0 Å². The van der Waals surface area contributed by atoms with Gasteiger partial charge < -0.3 is 5.11 Å². The second-order valence-electron chi connectivity index (χ2n) is 5.15. The van der Waals surface area contributed by atoms with Gasteiger partial charge in [-0.3, -0.25) is 0 Å². The van der Waals surface area contributed by atoms with Crippen molar-refractivity contribution >= 4 is 11.8 Å². The van der Waals surface area contributed by atoms with E-state index in [4.69, 9.17) is 0 Å². The fraction of sp³-hybridized carbons (Fsp3) is 0.333. The Bertz CT molecular complexity index is 530. The van der Waals surface area contributed by atoms with Crippen LogP contribution in [-0.2, 0) is 0 Å². The second-order valence-corrected chi connectivity index (χ2v) is 6.03. The zero-order valence-electron chi connectivity index (χ0n) is 12.3. The van der Waals surface area contributed by atoms with Crippen molar-refractivity contribution < 1.29 is 5.11 Å². The topological polar surface area (TPSA) is 20.2 Å². The molecule has 0 radical (unpaired) electrons. The Hall–Kier alpha value is -1.25. The van der Waals surface area contributed by atoms with E-state index in [0.717, 1.165) is 17.5 Å². The molecule has 0 amide bonds. The van der Waals surface area contributed by atoms with Crippen LogP contribution in [0.4, 0.5) is 0 Å². The van der Waals surface area contributed by atoms with Gasteiger partial charge in [0.15, 0.2) is 0 Å². The zero-order valence-corrected chi connectivity index (χ0v) is 13.2. The largest absolute Gasteiger partial charge is 0.384 e. The van der Waals surface area contributed by atoms with Crippen molar-refractivity contribution in [2.75, 3.05) is 6.26 Å². The summed E-state index contributed by atoms with van der Waals surface area (Å²) >= 11 is 1.71. The summed E-state index contributed by atoms with van der Waals surface area (Å²) in [7, 11) is 0. The summed E-state index contributed by atoms with van der Waals surface area (Å²) in [6, 6.07) is 16.4. The van der Waals surface area contributed by atoms with Crippen molar-refractivity contribution in [2.24, 2.45) is 0 Å². The molecule has 0 aromatic heterocycles. The van der Waals surface area contributed by atoms with E-state index in [9.17, 15) is 5.11 Å². The first-order valence-corrected chi connectivity index (χ1v) is 8.30. The Balaban J connectivity index is 2.17. The third-order valence-corrected chi connectivity index (χ3v) is 4.61. The second kappa shape index (κ2) is 6.96. The number of rotatable bonds is 5. The molecule has 2 aromatic carbocycles. The molecule has 0 bridgehead atoms. The molecule has 2 rings (SSSR count). The predicted octanol–water partition coefficient (Wildman–Crippen LogP) is 5.00. The first-order chi connectivity index (χ1) is 9.65. The highest BCUT2D eigenvalue weighted by Crippen LogP contribution is 2.26. The van der Waals surface area contributed by atoms with Gasteiger partial charge in [0.05, 0.1) is 0 Å². The molecular formula is C18H22OS. The van der Waals surface area contributed by atoms with Crippen molar-refractivity contribution in [1.29, 1.82) is 0 Å². The van der Waals surface area contributed by atoms with Crippen molar-refractivity contribution in [1.82, 2.24) is 0 Å². The van der Waals surface area contributed by atoms with E-state index < -0.39 is 6.10 Å². The van der Waals surface area contributed by atoms with Crippen LogP contribution in [0.2, 0.25) is 0 Å². The molecule has 0 fully saturated rings. The first-order valence-electron chi connectivity index (χ1n) is 7.07. The highest BCUT2D eigenvalue weighted by molar-refractivity contribution is 7.98. The predicted molar refractivity (Wildman–Crippen MR) is 87.4 cm³/mol. The van der Waals surface area contributed by atoms with Crippen LogP contribution < -0.4 is 0 Å². The van der Waals surface area contributed by atoms with Crippen LogP contribution >= 0.6 is 11.8 Å². The Morgan fingerprint density at radius 2 is 1.35 bits per heavy atom. The Kier molecular flexibility index (Phi) is 5.27. The third kappa shape index (κ3) is 3.44. The third-order valence-electron chi connectivity index (χ3n) is 3.87. The van der Waals surface area contributed by atoms with Crippen LogP contribution in [0.1, 0.15) is 49.0 Å². The van der Waals surface area contributed by atoms with Crippen LogP contribution in [-0.4, -0.2) is 11.4 Å². The summed E-state index contributed by atoms with van der Waals surface area (Å²) in [5.41, 5.74) is 3.23. The van der Waals surface area contributed by atoms with Gasteiger partial charge in [0.25, 0.3) is 0 Å². The van der Waals surface area contributed by atoms with Gasteiger partial charge in [0, 0.05) is 4.90 Å². The molecular weight excluding hydrogens is 264 g/mol. The molecule has 1 N–H and O–H groups in total. The van der Waals surface area contributed by atoms with Crippen LogP contribution in [0.3, 0.4) is 0 Å². The summed E-state index contributed by atoms with van der Waals surface area (Å²) in [5.74, 6) is 0.571. The fourth-order valence-electron chi connectivity index (χ4n) is 2.22. The molecule has 20 heavy (non-hydrogen) atoms. The van der Waals surface area contributed by atoms with E-state index in [1.165, 1.54) is 10.5 Å². The van der Waals surface area contributed by atoms with E-state index in [2.05, 4.69) is 44.4 Å². The monoisotopic (exact) mass is 286 g/mol. The van der Waals surface area contributed by atoms with Crippen molar-refractivity contribution in [3.8, 4) is 0 Å². The quantitative estimate of drug-likeness (QED) is 0.780. The molecule has 2 atom stereocenters. The van der Waals surface area contributed by atoms with Gasteiger partial charge in [-0.25, -0.2) is 0 Å². The molecule has 0 saturated carbocycles. The molecule has 2 heteroatoms. The maximum Gasteiger partial charge on any atom is 0.104 e. The molecule has 0 aliphatic carbocycles. The number of hydrogen-bond acceptors (Lipinski definition) is 2. The molecule has 0 saturated heterocycles. The summed E-state index contributed by atoms with van der Waals surface area (Å²) < 4.78 is 0. The highest BCUT2D eigenvalue weighted by atomic mass is 32.2. The molecule has 0 spiro atoms. The lowest BCUT2D eigenvalue weighted by molar-refractivity contribution is 0.220. The van der Waals surface area contributed by atoms with Gasteiger partial charge in [-0.05, 0) is 47.4 Å². The van der Waals surface area contributed by atoms with E-state index >= 15 is 0 Å². The zero-order chi connectivity index (χ0) is 14.5.